The first kappa shape index (κ1) is 15.4. The maximum Gasteiger partial charge on any atom is 0.227 e. The second-order valence-corrected chi connectivity index (χ2v) is 5.92. The van der Waals surface area contributed by atoms with Crippen LogP contribution in [0.15, 0.2) is 48.5 Å². The molecule has 25 heavy (non-hydrogen) atoms. The Morgan fingerprint density at radius 3 is 2.64 bits per heavy atom. The number of fused-ring (bicyclic) bond motifs is 2. The van der Waals surface area contributed by atoms with Crippen molar-refractivity contribution in [2.75, 3.05) is 5.32 Å². The van der Waals surface area contributed by atoms with Crippen LogP contribution >= 0.6 is 0 Å². The van der Waals surface area contributed by atoms with Crippen LogP contribution in [0.3, 0.4) is 0 Å². The van der Waals surface area contributed by atoms with E-state index in [1.54, 1.807) is 0 Å². The summed E-state index contributed by atoms with van der Waals surface area (Å²) in [5.41, 5.74) is 3.82. The average molecular weight is 333 g/mol. The third-order valence-corrected chi connectivity index (χ3v) is 4.25. The number of aryl methyl sites for hydroxylation is 2. The van der Waals surface area contributed by atoms with Gasteiger partial charge in [-0.3, -0.25) is 10.1 Å². The molecule has 1 amide bonds. The summed E-state index contributed by atoms with van der Waals surface area (Å²) >= 11 is 0. The first-order valence-electron chi connectivity index (χ1n) is 8.43. The summed E-state index contributed by atoms with van der Waals surface area (Å²) in [6.07, 6.45) is 0.916. The normalized spacial score (nSPS) is 11.2. The van der Waals surface area contributed by atoms with Gasteiger partial charge in [-0.25, -0.2) is 9.97 Å². The number of carbonyl (C=O) groups excluding carboxylic acids is 1. The van der Waals surface area contributed by atoms with Crippen molar-refractivity contribution >= 4 is 33.9 Å². The monoisotopic (exact) mass is 333 g/mol. The summed E-state index contributed by atoms with van der Waals surface area (Å²) in [4.78, 5) is 24.6. The zero-order valence-corrected chi connectivity index (χ0v) is 14.0. The lowest BCUT2D eigenvalue weighted by Crippen LogP contribution is -2.16. The number of carbonyl (C=O) groups is 1. The van der Waals surface area contributed by atoms with Crippen LogP contribution in [0.25, 0.3) is 22.1 Å². The van der Waals surface area contributed by atoms with Crippen molar-refractivity contribution in [3.05, 3.63) is 54.4 Å². The van der Waals surface area contributed by atoms with E-state index < -0.39 is 0 Å². The number of hydrogen-bond donors (Lipinski definition) is 2. The molecule has 0 fully saturated rings. The third-order valence-electron chi connectivity index (χ3n) is 4.25. The van der Waals surface area contributed by atoms with Gasteiger partial charge < -0.3 is 9.55 Å². The number of amides is 1. The SMILES string of the molecule is CCn1c(NC(=O)CCc2nc3ccccc3[nH]2)nc2ccccc21. The van der Waals surface area contributed by atoms with Crippen LogP contribution in [0.5, 0.6) is 0 Å². The lowest BCUT2D eigenvalue weighted by molar-refractivity contribution is -0.116. The Bertz CT molecular complexity index is 1010. The second kappa shape index (κ2) is 6.39. The molecule has 0 saturated heterocycles. The molecule has 0 aliphatic heterocycles. The molecule has 0 unspecified atom stereocenters. The number of anilines is 1. The number of nitrogens with one attached hydrogen (secondary N) is 2. The van der Waals surface area contributed by atoms with Gasteiger partial charge in [-0.05, 0) is 31.2 Å². The minimum absolute atomic E-state index is 0.0644. The Morgan fingerprint density at radius 2 is 1.84 bits per heavy atom. The molecule has 126 valence electrons. The van der Waals surface area contributed by atoms with Crippen LogP contribution in [0.1, 0.15) is 19.2 Å². The van der Waals surface area contributed by atoms with Gasteiger partial charge in [0, 0.05) is 19.4 Å². The Kier molecular flexibility index (Phi) is 3.93. The van der Waals surface area contributed by atoms with Crippen LogP contribution in [-0.4, -0.2) is 25.4 Å². The van der Waals surface area contributed by atoms with Crippen molar-refractivity contribution in [2.24, 2.45) is 0 Å². The molecular weight excluding hydrogens is 314 g/mol. The quantitative estimate of drug-likeness (QED) is 0.587. The largest absolute Gasteiger partial charge is 0.342 e. The highest BCUT2D eigenvalue weighted by atomic mass is 16.1. The minimum Gasteiger partial charge on any atom is -0.342 e. The second-order valence-electron chi connectivity index (χ2n) is 5.92. The molecule has 0 bridgehead atoms. The van der Waals surface area contributed by atoms with Gasteiger partial charge in [0.1, 0.15) is 5.82 Å². The number of aromatic nitrogens is 4. The van der Waals surface area contributed by atoms with E-state index in [1.165, 1.54) is 0 Å². The van der Waals surface area contributed by atoms with E-state index in [0.717, 1.165) is 34.4 Å². The standard InChI is InChI=1S/C19H19N5O/c1-2-24-16-10-6-5-9-15(16)22-19(24)23-18(25)12-11-17-20-13-7-3-4-8-14(13)21-17/h3-10H,2,11-12H2,1H3,(H,20,21)(H,22,23,25). The number of hydrogen-bond acceptors (Lipinski definition) is 3. The van der Waals surface area contributed by atoms with E-state index in [2.05, 4.69) is 20.3 Å². The van der Waals surface area contributed by atoms with Crippen molar-refractivity contribution < 1.29 is 4.79 Å². The van der Waals surface area contributed by atoms with E-state index in [4.69, 9.17) is 0 Å². The molecule has 4 aromatic rings. The smallest absolute Gasteiger partial charge is 0.227 e. The van der Waals surface area contributed by atoms with Gasteiger partial charge in [0.2, 0.25) is 11.9 Å². The first-order valence-corrected chi connectivity index (χ1v) is 8.43. The minimum atomic E-state index is -0.0644. The molecule has 2 heterocycles. The topological polar surface area (TPSA) is 75.6 Å². The first-order chi connectivity index (χ1) is 12.2. The van der Waals surface area contributed by atoms with Crippen LogP contribution in [0, 0.1) is 0 Å². The number of imidazole rings is 2. The van der Waals surface area contributed by atoms with Crippen LogP contribution in [0.2, 0.25) is 0 Å². The Labute approximate surface area is 144 Å². The highest BCUT2D eigenvalue weighted by Crippen LogP contribution is 2.19. The average Bonchev–Trinajstić information content (AvgIpc) is 3.20. The lowest BCUT2D eigenvalue weighted by Gasteiger charge is -2.07. The number of benzene rings is 2. The molecule has 0 aliphatic rings. The molecule has 4 rings (SSSR count). The van der Waals surface area contributed by atoms with Crippen LogP contribution in [-0.2, 0) is 17.8 Å². The van der Waals surface area contributed by atoms with Crippen molar-refractivity contribution in [3.8, 4) is 0 Å². The van der Waals surface area contributed by atoms with Gasteiger partial charge in [-0.1, -0.05) is 24.3 Å². The van der Waals surface area contributed by atoms with Gasteiger partial charge in [-0.15, -0.1) is 0 Å². The fourth-order valence-corrected chi connectivity index (χ4v) is 3.03. The van der Waals surface area contributed by atoms with Crippen molar-refractivity contribution in [3.63, 3.8) is 0 Å². The summed E-state index contributed by atoms with van der Waals surface area (Å²) in [6.45, 7) is 2.79. The molecule has 2 aromatic heterocycles. The van der Waals surface area contributed by atoms with Crippen molar-refractivity contribution in [1.82, 2.24) is 19.5 Å². The maximum absolute atomic E-state index is 12.3. The number of aromatic amines is 1. The maximum atomic E-state index is 12.3. The highest BCUT2D eigenvalue weighted by Gasteiger charge is 2.12. The number of nitrogens with zero attached hydrogens (tertiary/aromatic N) is 3. The molecule has 0 saturated carbocycles. The zero-order valence-electron chi connectivity index (χ0n) is 14.0. The molecule has 2 N–H and O–H groups in total. The fraction of sp³-hybridized carbons (Fsp3) is 0.211. The summed E-state index contributed by atoms with van der Waals surface area (Å²) in [5.74, 6) is 1.35. The van der Waals surface area contributed by atoms with E-state index in [0.29, 0.717) is 18.8 Å². The number of rotatable bonds is 5. The molecule has 2 aromatic carbocycles. The Balaban J connectivity index is 1.47. The van der Waals surface area contributed by atoms with Gasteiger partial charge in [0.25, 0.3) is 0 Å². The van der Waals surface area contributed by atoms with E-state index >= 15 is 0 Å². The lowest BCUT2D eigenvalue weighted by atomic mass is 10.3. The van der Waals surface area contributed by atoms with Crippen molar-refractivity contribution in [2.45, 2.75) is 26.3 Å². The van der Waals surface area contributed by atoms with Gasteiger partial charge >= 0.3 is 0 Å². The van der Waals surface area contributed by atoms with Gasteiger partial charge in [-0.2, -0.15) is 0 Å². The summed E-state index contributed by atoms with van der Waals surface area (Å²) in [7, 11) is 0. The van der Waals surface area contributed by atoms with Gasteiger partial charge in [0.15, 0.2) is 0 Å². The van der Waals surface area contributed by atoms with E-state index in [9.17, 15) is 4.79 Å². The summed E-state index contributed by atoms with van der Waals surface area (Å²) in [5, 5.41) is 2.93. The molecule has 0 radical (unpaired) electrons. The summed E-state index contributed by atoms with van der Waals surface area (Å²) in [6, 6.07) is 15.7. The predicted octanol–water partition coefficient (Wildman–Crippen LogP) is 3.50. The van der Waals surface area contributed by atoms with Crippen molar-refractivity contribution in [1.29, 1.82) is 0 Å². The molecule has 0 aliphatic carbocycles. The molecule has 6 heteroatoms. The molecule has 0 atom stereocenters. The Hall–Kier alpha value is -3.15. The van der Waals surface area contributed by atoms with Gasteiger partial charge in [0.05, 0.1) is 22.1 Å². The molecular formula is C19H19N5O. The number of para-hydroxylation sites is 4. The van der Waals surface area contributed by atoms with E-state index in [1.807, 2.05) is 60.0 Å². The Morgan fingerprint density at radius 1 is 1.08 bits per heavy atom. The van der Waals surface area contributed by atoms with E-state index in [-0.39, 0.29) is 5.91 Å². The molecule has 6 nitrogen and oxygen atoms in total. The molecule has 0 spiro atoms. The van der Waals surface area contributed by atoms with Crippen LogP contribution < -0.4 is 5.32 Å². The number of H-pyrrole nitrogens is 1. The fourth-order valence-electron chi connectivity index (χ4n) is 3.03. The highest BCUT2D eigenvalue weighted by molar-refractivity contribution is 5.91. The zero-order chi connectivity index (χ0) is 17.2. The predicted molar refractivity (Wildman–Crippen MR) is 98.5 cm³/mol. The van der Waals surface area contributed by atoms with Crippen LogP contribution in [0.4, 0.5) is 5.95 Å². The third kappa shape index (κ3) is 2.98. The summed E-state index contributed by atoms with van der Waals surface area (Å²) < 4.78 is 2.01.